The Bertz CT molecular complexity index is 872. The van der Waals surface area contributed by atoms with Crippen LogP contribution >= 0.6 is 39.0 Å². The smallest absolute Gasteiger partial charge is 0.129 e. The van der Waals surface area contributed by atoms with Crippen LogP contribution < -0.4 is 5.32 Å². The van der Waals surface area contributed by atoms with Gasteiger partial charge in [0.25, 0.3) is 0 Å². The summed E-state index contributed by atoms with van der Waals surface area (Å²) in [5.41, 5.74) is 4.48. The summed E-state index contributed by atoms with van der Waals surface area (Å²) >= 11 is 7.43. The number of rotatable bonds is 2. The number of halogens is 1. The molecular weight excluding hydrogens is 404 g/mol. The summed E-state index contributed by atoms with van der Waals surface area (Å²) in [7, 11) is 2.00. The van der Waals surface area contributed by atoms with Gasteiger partial charge in [0.2, 0.25) is 0 Å². The summed E-state index contributed by atoms with van der Waals surface area (Å²) in [5.74, 6) is 2.17. The maximum Gasteiger partial charge on any atom is 0.129 e. The SMILES string of the molecule is Cc1cc(Br)sc1C1SCCNc2c1c(-c1ccccn1)nn2C. The van der Waals surface area contributed by atoms with Crippen molar-refractivity contribution in [3.63, 3.8) is 0 Å². The molecule has 1 aliphatic rings. The molecule has 1 aliphatic heterocycles. The van der Waals surface area contributed by atoms with Gasteiger partial charge in [0.05, 0.1) is 14.7 Å². The first kappa shape index (κ1) is 16.2. The zero-order valence-corrected chi connectivity index (χ0v) is 16.6. The number of aromatic nitrogens is 3. The molecule has 0 fully saturated rings. The molecule has 7 heteroatoms. The van der Waals surface area contributed by atoms with Gasteiger partial charge in [0, 0.05) is 36.0 Å². The van der Waals surface area contributed by atoms with Crippen LogP contribution in [0.5, 0.6) is 0 Å². The van der Waals surface area contributed by atoms with Crippen molar-refractivity contribution in [3.8, 4) is 11.4 Å². The lowest BCUT2D eigenvalue weighted by Gasteiger charge is -2.15. The van der Waals surface area contributed by atoms with Crippen molar-refractivity contribution in [2.24, 2.45) is 7.05 Å². The van der Waals surface area contributed by atoms with Crippen molar-refractivity contribution in [2.45, 2.75) is 12.2 Å². The second-order valence-corrected chi connectivity index (χ2v) is 9.40. The van der Waals surface area contributed by atoms with Crippen LogP contribution in [0.25, 0.3) is 11.4 Å². The van der Waals surface area contributed by atoms with E-state index in [2.05, 4.69) is 39.2 Å². The maximum absolute atomic E-state index is 4.79. The molecule has 0 amide bonds. The van der Waals surface area contributed by atoms with Gasteiger partial charge >= 0.3 is 0 Å². The van der Waals surface area contributed by atoms with E-state index in [0.29, 0.717) is 0 Å². The van der Waals surface area contributed by atoms with Crippen LogP contribution in [0.1, 0.15) is 21.3 Å². The Labute approximate surface area is 157 Å². The second kappa shape index (κ2) is 6.54. The van der Waals surface area contributed by atoms with Crippen LogP contribution in [-0.4, -0.2) is 27.1 Å². The number of anilines is 1. The Morgan fingerprint density at radius 1 is 1.38 bits per heavy atom. The molecule has 0 radical (unpaired) electrons. The zero-order valence-electron chi connectivity index (χ0n) is 13.4. The first-order valence-electron chi connectivity index (χ1n) is 7.74. The Morgan fingerprint density at radius 3 is 2.96 bits per heavy atom. The molecule has 0 aromatic carbocycles. The third kappa shape index (κ3) is 2.78. The first-order valence-corrected chi connectivity index (χ1v) is 10.4. The lowest BCUT2D eigenvalue weighted by molar-refractivity contribution is 0.773. The molecule has 1 N–H and O–H groups in total. The molecule has 4 heterocycles. The van der Waals surface area contributed by atoms with Crippen LogP contribution in [0.15, 0.2) is 34.2 Å². The number of thioether (sulfide) groups is 1. The minimum absolute atomic E-state index is 0.275. The quantitative estimate of drug-likeness (QED) is 0.642. The number of hydrogen-bond acceptors (Lipinski definition) is 5. The van der Waals surface area contributed by atoms with E-state index < -0.39 is 0 Å². The van der Waals surface area contributed by atoms with Gasteiger partial charge in [-0.1, -0.05) is 6.07 Å². The van der Waals surface area contributed by atoms with E-state index >= 15 is 0 Å². The third-order valence-electron chi connectivity index (χ3n) is 4.10. The normalized spacial score (nSPS) is 17.2. The van der Waals surface area contributed by atoms with Crippen LogP contribution in [0.2, 0.25) is 0 Å². The van der Waals surface area contributed by atoms with Crippen LogP contribution in [-0.2, 0) is 7.05 Å². The highest BCUT2D eigenvalue weighted by molar-refractivity contribution is 9.11. The summed E-state index contributed by atoms with van der Waals surface area (Å²) in [4.78, 5) is 5.93. The molecule has 1 unspecified atom stereocenters. The average Bonchev–Trinajstić information content (AvgIpc) is 2.99. The van der Waals surface area contributed by atoms with Crippen molar-refractivity contribution in [1.29, 1.82) is 0 Å². The molecule has 0 bridgehead atoms. The topological polar surface area (TPSA) is 42.7 Å². The molecule has 0 saturated heterocycles. The number of hydrogen-bond donors (Lipinski definition) is 1. The molecular formula is C17H17BrN4S2. The minimum atomic E-state index is 0.275. The molecule has 124 valence electrons. The highest BCUT2D eigenvalue weighted by Gasteiger charge is 2.31. The van der Waals surface area contributed by atoms with Gasteiger partial charge in [-0.25, -0.2) is 0 Å². The van der Waals surface area contributed by atoms with Crippen molar-refractivity contribution in [2.75, 3.05) is 17.6 Å². The maximum atomic E-state index is 4.79. The van der Waals surface area contributed by atoms with Gasteiger partial charge < -0.3 is 5.32 Å². The Balaban J connectivity index is 1.93. The lowest BCUT2D eigenvalue weighted by Crippen LogP contribution is -2.06. The number of aryl methyl sites for hydroxylation is 2. The summed E-state index contributed by atoms with van der Waals surface area (Å²) < 4.78 is 3.13. The Kier molecular flexibility index (Phi) is 4.40. The predicted octanol–water partition coefficient (Wildman–Crippen LogP) is 4.86. The molecule has 24 heavy (non-hydrogen) atoms. The van der Waals surface area contributed by atoms with Crippen LogP contribution in [0.4, 0.5) is 5.82 Å². The van der Waals surface area contributed by atoms with E-state index in [1.165, 1.54) is 19.8 Å². The number of thiophene rings is 1. The number of nitrogens with zero attached hydrogens (tertiary/aromatic N) is 3. The predicted molar refractivity (Wildman–Crippen MR) is 106 cm³/mol. The summed E-state index contributed by atoms with van der Waals surface area (Å²) in [5, 5.41) is 8.62. The second-order valence-electron chi connectivity index (χ2n) is 5.72. The fourth-order valence-corrected chi connectivity index (χ4v) is 6.33. The molecule has 3 aromatic heterocycles. The van der Waals surface area contributed by atoms with Crippen LogP contribution in [0.3, 0.4) is 0 Å². The zero-order chi connectivity index (χ0) is 16.7. The average molecular weight is 421 g/mol. The molecule has 1 atom stereocenters. The largest absolute Gasteiger partial charge is 0.369 e. The molecule has 4 rings (SSSR count). The highest BCUT2D eigenvalue weighted by Crippen LogP contribution is 2.48. The van der Waals surface area contributed by atoms with E-state index in [-0.39, 0.29) is 5.25 Å². The van der Waals surface area contributed by atoms with Gasteiger partial charge in [-0.2, -0.15) is 5.10 Å². The monoisotopic (exact) mass is 420 g/mol. The van der Waals surface area contributed by atoms with Gasteiger partial charge in [-0.3, -0.25) is 9.67 Å². The molecule has 0 aliphatic carbocycles. The molecule has 4 nitrogen and oxygen atoms in total. The fraction of sp³-hybridized carbons (Fsp3) is 0.294. The molecule has 3 aromatic rings. The van der Waals surface area contributed by atoms with E-state index in [4.69, 9.17) is 5.10 Å². The molecule has 0 saturated carbocycles. The number of fused-ring (bicyclic) bond motifs is 1. The lowest BCUT2D eigenvalue weighted by atomic mass is 10.1. The van der Waals surface area contributed by atoms with Gasteiger partial charge in [-0.15, -0.1) is 23.1 Å². The number of nitrogens with one attached hydrogen (secondary N) is 1. The van der Waals surface area contributed by atoms with Gasteiger partial charge in [0.15, 0.2) is 0 Å². The van der Waals surface area contributed by atoms with Gasteiger partial charge in [0.1, 0.15) is 11.5 Å². The summed E-state index contributed by atoms with van der Waals surface area (Å²) in [6.07, 6.45) is 1.83. The third-order valence-corrected chi connectivity index (χ3v) is 7.30. The van der Waals surface area contributed by atoms with Gasteiger partial charge in [-0.05, 0) is 46.6 Å². The fourth-order valence-electron chi connectivity index (χ4n) is 3.04. The van der Waals surface area contributed by atoms with Crippen molar-refractivity contribution >= 4 is 44.8 Å². The Morgan fingerprint density at radius 2 is 2.25 bits per heavy atom. The summed E-state index contributed by atoms with van der Waals surface area (Å²) in [6, 6.07) is 8.20. The van der Waals surface area contributed by atoms with E-state index in [0.717, 1.165) is 29.5 Å². The van der Waals surface area contributed by atoms with Crippen molar-refractivity contribution in [3.05, 3.63) is 50.3 Å². The van der Waals surface area contributed by atoms with Crippen molar-refractivity contribution in [1.82, 2.24) is 14.8 Å². The standard InChI is InChI=1S/C17H17BrN4S2/c1-10-9-12(18)24-15(10)16-13-14(11-5-3-4-6-19-11)21-22(2)17(13)20-7-8-23-16/h3-6,9,16,20H,7-8H2,1-2H3. The van der Waals surface area contributed by atoms with Crippen LogP contribution in [0, 0.1) is 6.92 Å². The van der Waals surface area contributed by atoms with E-state index in [1.807, 2.05) is 59.2 Å². The van der Waals surface area contributed by atoms with Crippen molar-refractivity contribution < 1.29 is 0 Å². The highest BCUT2D eigenvalue weighted by atomic mass is 79.9. The van der Waals surface area contributed by atoms with E-state index in [9.17, 15) is 0 Å². The number of pyridine rings is 1. The van der Waals surface area contributed by atoms with E-state index in [1.54, 1.807) is 0 Å². The first-order chi connectivity index (χ1) is 11.6. The Hall–Kier alpha value is -1.31. The summed E-state index contributed by atoms with van der Waals surface area (Å²) in [6.45, 7) is 3.13. The minimum Gasteiger partial charge on any atom is -0.369 e. The molecule has 0 spiro atoms.